The first-order valence-electron chi connectivity index (χ1n) is 8.39. The van der Waals surface area contributed by atoms with E-state index in [1.54, 1.807) is 54.7 Å². The highest BCUT2D eigenvalue weighted by molar-refractivity contribution is 5.91. The van der Waals surface area contributed by atoms with Crippen molar-refractivity contribution in [1.82, 2.24) is 0 Å². The smallest absolute Gasteiger partial charge is 0.343 e. The van der Waals surface area contributed by atoms with Crippen molar-refractivity contribution in [2.24, 2.45) is 4.99 Å². The molecule has 3 aromatic carbocycles. The number of carbonyl (C=O) groups is 1. The van der Waals surface area contributed by atoms with Crippen LogP contribution in [0.4, 0.5) is 5.69 Å². The predicted molar refractivity (Wildman–Crippen MR) is 103 cm³/mol. The predicted octanol–water partition coefficient (Wildman–Crippen LogP) is 5.06. The van der Waals surface area contributed by atoms with Crippen molar-refractivity contribution < 1.29 is 14.3 Å². The van der Waals surface area contributed by atoms with Gasteiger partial charge in [0.1, 0.15) is 11.5 Å². The summed E-state index contributed by atoms with van der Waals surface area (Å²) in [6, 6.07) is 23.7. The number of esters is 1. The summed E-state index contributed by atoms with van der Waals surface area (Å²) in [7, 11) is 0. The molecule has 0 aliphatic rings. The molecule has 3 aromatic rings. The number of nitrogens with zero attached hydrogens (tertiary/aromatic N) is 1. The van der Waals surface area contributed by atoms with Crippen molar-refractivity contribution >= 4 is 17.9 Å². The summed E-state index contributed by atoms with van der Waals surface area (Å²) < 4.78 is 10.8. The Morgan fingerprint density at radius 3 is 2.19 bits per heavy atom. The van der Waals surface area contributed by atoms with Gasteiger partial charge in [0.2, 0.25) is 0 Å². The molecule has 0 unspecified atom stereocenters. The third kappa shape index (κ3) is 4.80. The topological polar surface area (TPSA) is 47.9 Å². The maximum atomic E-state index is 12.0. The number of hydrogen-bond acceptors (Lipinski definition) is 4. The summed E-state index contributed by atoms with van der Waals surface area (Å²) in [4.78, 5) is 16.4. The van der Waals surface area contributed by atoms with Crippen LogP contribution >= 0.6 is 0 Å². The summed E-state index contributed by atoms with van der Waals surface area (Å²) in [5.41, 5.74) is 2.27. The third-order valence-corrected chi connectivity index (χ3v) is 3.61. The average molecular weight is 345 g/mol. The highest BCUT2D eigenvalue weighted by Gasteiger charge is 2.07. The zero-order valence-corrected chi connectivity index (χ0v) is 14.5. The summed E-state index contributed by atoms with van der Waals surface area (Å²) in [6.07, 6.45) is 1.78. The van der Waals surface area contributed by atoms with Gasteiger partial charge in [-0.3, -0.25) is 4.99 Å². The van der Waals surface area contributed by atoms with Crippen molar-refractivity contribution in [3.05, 3.63) is 90.0 Å². The molecule has 0 N–H and O–H groups in total. The van der Waals surface area contributed by atoms with Gasteiger partial charge in [-0.05, 0) is 73.2 Å². The van der Waals surface area contributed by atoms with Gasteiger partial charge in [-0.2, -0.15) is 0 Å². The van der Waals surface area contributed by atoms with Crippen LogP contribution in [-0.2, 0) is 0 Å². The summed E-state index contributed by atoms with van der Waals surface area (Å²) in [5.74, 6) is 0.948. The van der Waals surface area contributed by atoms with Gasteiger partial charge in [0, 0.05) is 6.21 Å². The minimum Gasteiger partial charge on any atom is -0.494 e. The first kappa shape index (κ1) is 17.4. The fourth-order valence-corrected chi connectivity index (χ4v) is 2.31. The summed E-state index contributed by atoms with van der Waals surface area (Å²) >= 11 is 0. The van der Waals surface area contributed by atoms with E-state index in [0.717, 1.165) is 17.0 Å². The van der Waals surface area contributed by atoms with Crippen LogP contribution in [0.2, 0.25) is 0 Å². The Morgan fingerprint density at radius 1 is 0.885 bits per heavy atom. The van der Waals surface area contributed by atoms with Crippen LogP contribution in [0.15, 0.2) is 83.9 Å². The van der Waals surface area contributed by atoms with Gasteiger partial charge in [-0.1, -0.05) is 18.2 Å². The number of carbonyl (C=O) groups excluding carboxylic acids is 1. The summed E-state index contributed by atoms with van der Waals surface area (Å²) in [6.45, 7) is 2.60. The van der Waals surface area contributed by atoms with Crippen molar-refractivity contribution in [3.8, 4) is 11.5 Å². The van der Waals surface area contributed by atoms with Crippen molar-refractivity contribution in [2.45, 2.75) is 6.92 Å². The quantitative estimate of drug-likeness (QED) is 0.357. The molecule has 0 atom stereocenters. The molecule has 0 aliphatic carbocycles. The standard InChI is InChI=1S/C22H19NO3/c1-2-25-20-12-8-17(9-13-20)16-23-19-10-14-21(15-11-19)26-22(24)18-6-4-3-5-7-18/h3-16H,2H2,1H3/b23-16+. The van der Waals surface area contributed by atoms with Crippen LogP contribution in [0.3, 0.4) is 0 Å². The van der Waals surface area contributed by atoms with Gasteiger partial charge in [0.25, 0.3) is 0 Å². The monoisotopic (exact) mass is 345 g/mol. The minimum atomic E-state index is -0.378. The van der Waals surface area contributed by atoms with Crippen LogP contribution in [-0.4, -0.2) is 18.8 Å². The lowest BCUT2D eigenvalue weighted by Crippen LogP contribution is -2.07. The van der Waals surface area contributed by atoms with Gasteiger partial charge < -0.3 is 9.47 Å². The second-order valence-corrected chi connectivity index (χ2v) is 5.51. The Morgan fingerprint density at radius 2 is 1.54 bits per heavy atom. The van der Waals surface area contributed by atoms with Crippen molar-refractivity contribution in [1.29, 1.82) is 0 Å². The number of ether oxygens (including phenoxy) is 2. The van der Waals surface area contributed by atoms with Crippen LogP contribution in [0, 0.1) is 0 Å². The molecule has 0 spiro atoms. The van der Waals surface area contributed by atoms with Gasteiger partial charge in [-0.15, -0.1) is 0 Å². The fraction of sp³-hybridized carbons (Fsp3) is 0.0909. The van der Waals surface area contributed by atoms with Crippen LogP contribution in [0.5, 0.6) is 11.5 Å². The average Bonchev–Trinajstić information content (AvgIpc) is 2.69. The summed E-state index contributed by atoms with van der Waals surface area (Å²) in [5, 5.41) is 0. The fourth-order valence-electron chi connectivity index (χ4n) is 2.31. The lowest BCUT2D eigenvalue weighted by molar-refractivity contribution is 0.0735. The molecule has 0 aromatic heterocycles. The van der Waals surface area contributed by atoms with E-state index in [4.69, 9.17) is 9.47 Å². The number of benzene rings is 3. The molecule has 3 rings (SSSR count). The molecule has 0 saturated carbocycles. The molecule has 0 saturated heterocycles. The number of aliphatic imine (C=N–C) groups is 1. The SMILES string of the molecule is CCOc1ccc(/C=N/c2ccc(OC(=O)c3ccccc3)cc2)cc1. The molecule has 0 amide bonds. The largest absolute Gasteiger partial charge is 0.494 e. The van der Waals surface area contributed by atoms with E-state index in [1.807, 2.05) is 37.3 Å². The van der Waals surface area contributed by atoms with Gasteiger partial charge >= 0.3 is 5.97 Å². The van der Waals surface area contributed by atoms with Crippen LogP contribution < -0.4 is 9.47 Å². The lowest BCUT2D eigenvalue weighted by atomic mass is 10.2. The van der Waals surface area contributed by atoms with Crippen LogP contribution in [0.25, 0.3) is 0 Å². The lowest BCUT2D eigenvalue weighted by Gasteiger charge is -2.04. The highest BCUT2D eigenvalue weighted by atomic mass is 16.5. The third-order valence-electron chi connectivity index (χ3n) is 3.61. The highest BCUT2D eigenvalue weighted by Crippen LogP contribution is 2.19. The molecule has 0 radical (unpaired) electrons. The first-order valence-corrected chi connectivity index (χ1v) is 8.39. The van der Waals surface area contributed by atoms with Crippen molar-refractivity contribution in [3.63, 3.8) is 0 Å². The molecular weight excluding hydrogens is 326 g/mol. The second kappa shape index (κ2) is 8.62. The molecule has 0 aliphatic heterocycles. The molecule has 4 nitrogen and oxygen atoms in total. The molecule has 4 heteroatoms. The first-order chi connectivity index (χ1) is 12.7. The molecule has 26 heavy (non-hydrogen) atoms. The van der Waals surface area contributed by atoms with E-state index >= 15 is 0 Å². The molecule has 130 valence electrons. The normalized spacial score (nSPS) is 10.7. The maximum absolute atomic E-state index is 12.0. The Balaban J connectivity index is 1.61. The Hall–Kier alpha value is -3.40. The maximum Gasteiger partial charge on any atom is 0.343 e. The Labute approximate surface area is 152 Å². The number of hydrogen-bond donors (Lipinski definition) is 0. The minimum absolute atomic E-state index is 0.378. The van der Waals surface area contributed by atoms with E-state index in [-0.39, 0.29) is 5.97 Å². The molecule has 0 heterocycles. The Bertz CT molecular complexity index is 870. The zero-order chi connectivity index (χ0) is 18.2. The van der Waals surface area contributed by atoms with E-state index in [2.05, 4.69) is 4.99 Å². The van der Waals surface area contributed by atoms with E-state index in [9.17, 15) is 4.79 Å². The van der Waals surface area contributed by atoms with Gasteiger partial charge in [0.05, 0.1) is 17.9 Å². The molecular formula is C22H19NO3. The van der Waals surface area contributed by atoms with E-state index in [1.165, 1.54) is 0 Å². The van der Waals surface area contributed by atoms with Gasteiger partial charge in [-0.25, -0.2) is 4.79 Å². The van der Waals surface area contributed by atoms with Crippen LogP contribution in [0.1, 0.15) is 22.8 Å². The number of rotatable bonds is 6. The zero-order valence-electron chi connectivity index (χ0n) is 14.5. The molecule has 0 fully saturated rings. The second-order valence-electron chi connectivity index (χ2n) is 5.51. The Kier molecular flexibility index (Phi) is 5.78. The van der Waals surface area contributed by atoms with Gasteiger partial charge in [0.15, 0.2) is 0 Å². The van der Waals surface area contributed by atoms with Crippen molar-refractivity contribution in [2.75, 3.05) is 6.61 Å². The van der Waals surface area contributed by atoms with E-state index in [0.29, 0.717) is 17.9 Å². The van der Waals surface area contributed by atoms with E-state index < -0.39 is 0 Å². The molecule has 0 bridgehead atoms.